The molecule has 0 fully saturated rings. The van der Waals surface area contributed by atoms with Gasteiger partial charge in [-0.25, -0.2) is 0 Å². The number of amides is 3. The molecular formula is C22H28N4O3. The normalized spacial score (nSPS) is 10.1. The Balaban J connectivity index is 1.84. The molecule has 29 heavy (non-hydrogen) atoms. The van der Waals surface area contributed by atoms with Crippen LogP contribution in [0.2, 0.25) is 0 Å². The van der Waals surface area contributed by atoms with Gasteiger partial charge in [0.1, 0.15) is 0 Å². The van der Waals surface area contributed by atoms with Crippen LogP contribution in [0.3, 0.4) is 0 Å². The highest BCUT2D eigenvalue weighted by Gasteiger charge is 2.06. The van der Waals surface area contributed by atoms with E-state index in [0.717, 1.165) is 24.9 Å². The Bertz CT molecular complexity index is 851. The molecule has 0 unspecified atom stereocenters. The summed E-state index contributed by atoms with van der Waals surface area (Å²) in [5.41, 5.74) is 2.64. The Morgan fingerprint density at radius 2 is 1.31 bits per heavy atom. The summed E-state index contributed by atoms with van der Waals surface area (Å²) in [5.74, 6) is -0.402. The lowest BCUT2D eigenvalue weighted by Crippen LogP contribution is -2.22. The van der Waals surface area contributed by atoms with Gasteiger partial charge in [0, 0.05) is 36.1 Å². The van der Waals surface area contributed by atoms with Crippen LogP contribution in [0, 0.1) is 0 Å². The molecule has 3 amide bonds. The summed E-state index contributed by atoms with van der Waals surface area (Å²) in [4.78, 5) is 35.3. The molecule has 2 rings (SSSR count). The number of carbonyl (C=O) groups excluding carboxylic acids is 3. The van der Waals surface area contributed by atoms with E-state index >= 15 is 0 Å². The molecule has 0 aromatic heterocycles. The molecule has 2 aromatic carbocycles. The van der Waals surface area contributed by atoms with Crippen molar-refractivity contribution in [3.05, 3.63) is 48.5 Å². The number of unbranched alkanes of at least 4 members (excludes halogenated alkanes) is 2. The molecule has 4 N–H and O–H groups in total. The van der Waals surface area contributed by atoms with Gasteiger partial charge in [-0.05, 0) is 42.8 Å². The van der Waals surface area contributed by atoms with E-state index in [9.17, 15) is 14.4 Å². The van der Waals surface area contributed by atoms with Gasteiger partial charge in [0.25, 0.3) is 0 Å². The van der Waals surface area contributed by atoms with Crippen molar-refractivity contribution in [2.24, 2.45) is 0 Å². The highest BCUT2D eigenvalue weighted by molar-refractivity contribution is 5.96. The Morgan fingerprint density at radius 3 is 1.93 bits per heavy atom. The minimum absolute atomic E-state index is 0.0253. The van der Waals surface area contributed by atoms with Crippen LogP contribution < -0.4 is 21.3 Å². The van der Waals surface area contributed by atoms with Crippen molar-refractivity contribution in [1.82, 2.24) is 0 Å². The zero-order valence-corrected chi connectivity index (χ0v) is 16.9. The summed E-state index contributed by atoms with van der Waals surface area (Å²) in [5, 5.41) is 11.4. The maximum absolute atomic E-state index is 12.2. The van der Waals surface area contributed by atoms with Crippen LogP contribution in [0.5, 0.6) is 0 Å². The summed E-state index contributed by atoms with van der Waals surface area (Å²) in [6.45, 7) is 3.60. The lowest BCUT2D eigenvalue weighted by atomic mass is 10.2. The molecule has 0 bridgehead atoms. The quantitative estimate of drug-likeness (QED) is 0.452. The summed E-state index contributed by atoms with van der Waals surface area (Å²) in [7, 11) is 0. The van der Waals surface area contributed by atoms with E-state index in [-0.39, 0.29) is 24.3 Å². The van der Waals surface area contributed by atoms with E-state index in [1.54, 1.807) is 42.5 Å². The zero-order valence-electron chi connectivity index (χ0n) is 16.9. The topological polar surface area (TPSA) is 99.3 Å². The second kappa shape index (κ2) is 11.5. The van der Waals surface area contributed by atoms with Crippen molar-refractivity contribution in [2.45, 2.75) is 39.5 Å². The third kappa shape index (κ3) is 8.47. The highest BCUT2D eigenvalue weighted by atomic mass is 16.2. The average molecular weight is 396 g/mol. The monoisotopic (exact) mass is 396 g/mol. The maximum Gasteiger partial charge on any atom is 0.243 e. The first-order chi connectivity index (χ1) is 14.0. The predicted molar refractivity (Wildman–Crippen MR) is 117 cm³/mol. The van der Waals surface area contributed by atoms with E-state index in [1.165, 1.54) is 6.92 Å². The SMILES string of the molecule is CCCCCC(=O)Nc1cccc(NC(=O)CNc2cccc(NC(C)=O)c2)c1. The third-order valence-corrected chi connectivity index (χ3v) is 4.07. The van der Waals surface area contributed by atoms with Crippen molar-refractivity contribution >= 4 is 40.5 Å². The van der Waals surface area contributed by atoms with Gasteiger partial charge in [-0.2, -0.15) is 0 Å². The molecule has 0 saturated carbocycles. The molecule has 7 nitrogen and oxygen atoms in total. The van der Waals surface area contributed by atoms with E-state index in [2.05, 4.69) is 28.2 Å². The minimum Gasteiger partial charge on any atom is -0.376 e. The van der Waals surface area contributed by atoms with Crippen LogP contribution in [-0.2, 0) is 14.4 Å². The van der Waals surface area contributed by atoms with Crippen molar-refractivity contribution < 1.29 is 14.4 Å². The fourth-order valence-corrected chi connectivity index (χ4v) is 2.73. The summed E-state index contributed by atoms with van der Waals surface area (Å²) in [6, 6.07) is 14.2. The van der Waals surface area contributed by atoms with Gasteiger partial charge in [-0.3, -0.25) is 14.4 Å². The summed E-state index contributed by atoms with van der Waals surface area (Å²) in [6.07, 6.45) is 3.46. The fourth-order valence-electron chi connectivity index (χ4n) is 2.73. The van der Waals surface area contributed by atoms with E-state index < -0.39 is 0 Å². The van der Waals surface area contributed by atoms with Gasteiger partial charge in [-0.15, -0.1) is 0 Å². The first-order valence-electron chi connectivity index (χ1n) is 9.77. The summed E-state index contributed by atoms with van der Waals surface area (Å²) < 4.78 is 0. The van der Waals surface area contributed by atoms with Gasteiger partial charge in [0.15, 0.2) is 0 Å². The second-order valence-electron chi connectivity index (χ2n) is 6.75. The van der Waals surface area contributed by atoms with Gasteiger partial charge < -0.3 is 21.3 Å². The number of hydrogen-bond acceptors (Lipinski definition) is 4. The average Bonchev–Trinajstić information content (AvgIpc) is 2.67. The van der Waals surface area contributed by atoms with Gasteiger partial charge in [0.05, 0.1) is 6.54 Å². The zero-order chi connectivity index (χ0) is 21.1. The van der Waals surface area contributed by atoms with Crippen molar-refractivity contribution in [1.29, 1.82) is 0 Å². The lowest BCUT2D eigenvalue weighted by molar-refractivity contribution is -0.116. The van der Waals surface area contributed by atoms with Crippen LogP contribution in [0.4, 0.5) is 22.7 Å². The Labute approximate surface area is 171 Å². The van der Waals surface area contributed by atoms with Gasteiger partial charge in [0.2, 0.25) is 17.7 Å². The molecule has 0 spiro atoms. The largest absolute Gasteiger partial charge is 0.376 e. The first-order valence-corrected chi connectivity index (χ1v) is 9.77. The van der Waals surface area contributed by atoms with Crippen molar-refractivity contribution in [2.75, 3.05) is 27.8 Å². The number of rotatable bonds is 10. The third-order valence-electron chi connectivity index (χ3n) is 4.07. The molecule has 0 heterocycles. The summed E-state index contributed by atoms with van der Waals surface area (Å²) >= 11 is 0. The van der Waals surface area contributed by atoms with E-state index in [1.807, 2.05) is 6.07 Å². The molecule has 0 aliphatic carbocycles. The van der Waals surface area contributed by atoms with Crippen molar-refractivity contribution in [3.8, 4) is 0 Å². The molecule has 0 atom stereocenters. The van der Waals surface area contributed by atoms with Crippen LogP contribution in [0.1, 0.15) is 39.5 Å². The molecule has 0 aliphatic rings. The Hall–Kier alpha value is -3.35. The molecule has 2 aromatic rings. The Kier molecular flexibility index (Phi) is 8.69. The molecule has 7 heteroatoms. The number of benzene rings is 2. The number of anilines is 4. The van der Waals surface area contributed by atoms with Crippen LogP contribution >= 0.6 is 0 Å². The van der Waals surface area contributed by atoms with Crippen LogP contribution in [-0.4, -0.2) is 24.3 Å². The standard InChI is InChI=1S/C22H28N4O3/c1-3-4-5-12-21(28)25-19-10-7-11-20(14-19)26-22(29)15-23-17-8-6-9-18(13-17)24-16(2)27/h6-11,13-14,23H,3-5,12,15H2,1-2H3,(H,24,27)(H,25,28)(H,26,29). The maximum atomic E-state index is 12.2. The number of carbonyl (C=O) groups is 3. The molecule has 154 valence electrons. The number of hydrogen-bond donors (Lipinski definition) is 4. The first kappa shape index (κ1) is 21.9. The lowest BCUT2D eigenvalue weighted by Gasteiger charge is -2.11. The molecular weight excluding hydrogens is 368 g/mol. The van der Waals surface area contributed by atoms with Crippen molar-refractivity contribution in [3.63, 3.8) is 0 Å². The molecule has 0 radical (unpaired) electrons. The smallest absolute Gasteiger partial charge is 0.243 e. The highest BCUT2D eigenvalue weighted by Crippen LogP contribution is 2.17. The molecule has 0 aliphatic heterocycles. The number of nitrogens with one attached hydrogen (secondary N) is 4. The molecule has 0 saturated heterocycles. The van der Waals surface area contributed by atoms with Gasteiger partial charge >= 0.3 is 0 Å². The van der Waals surface area contributed by atoms with E-state index in [4.69, 9.17) is 0 Å². The van der Waals surface area contributed by atoms with E-state index in [0.29, 0.717) is 23.5 Å². The Morgan fingerprint density at radius 1 is 0.759 bits per heavy atom. The fraction of sp³-hybridized carbons (Fsp3) is 0.318. The van der Waals surface area contributed by atoms with Crippen LogP contribution in [0.15, 0.2) is 48.5 Å². The second-order valence-corrected chi connectivity index (χ2v) is 6.75. The predicted octanol–water partition coefficient (Wildman–Crippen LogP) is 4.21. The van der Waals surface area contributed by atoms with Gasteiger partial charge in [-0.1, -0.05) is 31.9 Å². The minimum atomic E-state index is -0.221. The van der Waals surface area contributed by atoms with Crippen LogP contribution in [0.25, 0.3) is 0 Å².